The second kappa shape index (κ2) is 5.58. The van der Waals surface area contributed by atoms with Crippen molar-refractivity contribution in [2.24, 2.45) is 0 Å². The van der Waals surface area contributed by atoms with E-state index in [0.29, 0.717) is 12.4 Å². The van der Waals surface area contributed by atoms with Crippen LogP contribution in [0.25, 0.3) is 0 Å². The van der Waals surface area contributed by atoms with Crippen molar-refractivity contribution in [3.8, 4) is 0 Å². The summed E-state index contributed by atoms with van der Waals surface area (Å²) in [4.78, 5) is 11.0. The highest BCUT2D eigenvalue weighted by molar-refractivity contribution is 5.42. The van der Waals surface area contributed by atoms with Crippen molar-refractivity contribution in [3.05, 3.63) is 35.6 Å². The lowest BCUT2D eigenvalue weighted by Crippen LogP contribution is -2.24. The Morgan fingerprint density at radius 3 is 3.15 bits per heavy atom. The standard InChI is InChI=1S/C14H18N4O2/c1-10-8-11(17-20-10)12-4-3-7-18(12)14-5-6-15-13(16-14)9-19-2/h5-6,8,12H,3-4,7,9H2,1-2H3. The van der Waals surface area contributed by atoms with E-state index in [9.17, 15) is 0 Å². The van der Waals surface area contributed by atoms with Crippen LogP contribution in [0.2, 0.25) is 0 Å². The second-order valence-electron chi connectivity index (χ2n) is 4.98. The Morgan fingerprint density at radius 1 is 1.50 bits per heavy atom. The zero-order valence-corrected chi connectivity index (χ0v) is 11.7. The zero-order chi connectivity index (χ0) is 13.9. The molecule has 0 bridgehead atoms. The minimum absolute atomic E-state index is 0.234. The molecule has 1 fully saturated rings. The molecule has 6 nitrogen and oxygen atoms in total. The molecule has 2 aromatic heterocycles. The highest BCUT2D eigenvalue weighted by Gasteiger charge is 2.29. The minimum Gasteiger partial charge on any atom is -0.377 e. The lowest BCUT2D eigenvalue weighted by atomic mass is 10.1. The summed E-state index contributed by atoms with van der Waals surface area (Å²) in [6.45, 7) is 3.31. The lowest BCUT2D eigenvalue weighted by molar-refractivity contribution is 0.178. The third-order valence-corrected chi connectivity index (χ3v) is 3.50. The van der Waals surface area contributed by atoms with Gasteiger partial charge in [-0.2, -0.15) is 0 Å². The summed E-state index contributed by atoms with van der Waals surface area (Å²) >= 11 is 0. The van der Waals surface area contributed by atoms with E-state index in [1.807, 2.05) is 19.1 Å². The van der Waals surface area contributed by atoms with Crippen LogP contribution in [0, 0.1) is 6.92 Å². The predicted octanol–water partition coefficient (Wildman–Crippen LogP) is 2.26. The molecule has 1 saturated heterocycles. The Hall–Kier alpha value is -1.95. The molecule has 6 heteroatoms. The lowest BCUT2D eigenvalue weighted by Gasteiger charge is -2.24. The van der Waals surface area contributed by atoms with E-state index < -0.39 is 0 Å². The van der Waals surface area contributed by atoms with Gasteiger partial charge in [0.1, 0.15) is 23.9 Å². The fraction of sp³-hybridized carbons (Fsp3) is 0.500. The van der Waals surface area contributed by atoms with Gasteiger partial charge < -0.3 is 14.2 Å². The molecule has 0 radical (unpaired) electrons. The van der Waals surface area contributed by atoms with Gasteiger partial charge in [0, 0.05) is 25.9 Å². The first-order valence-electron chi connectivity index (χ1n) is 6.78. The molecular weight excluding hydrogens is 256 g/mol. The average molecular weight is 274 g/mol. The molecule has 0 amide bonds. The van der Waals surface area contributed by atoms with Gasteiger partial charge in [0.05, 0.1) is 6.04 Å². The van der Waals surface area contributed by atoms with Crippen molar-refractivity contribution in [2.75, 3.05) is 18.6 Å². The molecule has 0 aromatic carbocycles. The summed E-state index contributed by atoms with van der Waals surface area (Å²) in [5, 5.41) is 4.15. The van der Waals surface area contributed by atoms with Crippen molar-refractivity contribution in [2.45, 2.75) is 32.4 Å². The quantitative estimate of drug-likeness (QED) is 0.852. The van der Waals surface area contributed by atoms with Gasteiger partial charge in [0.25, 0.3) is 0 Å². The van der Waals surface area contributed by atoms with Crippen LogP contribution in [-0.2, 0) is 11.3 Å². The van der Waals surface area contributed by atoms with E-state index >= 15 is 0 Å². The Bertz CT molecular complexity index is 584. The zero-order valence-electron chi connectivity index (χ0n) is 11.7. The highest BCUT2D eigenvalue weighted by Crippen LogP contribution is 2.34. The number of anilines is 1. The van der Waals surface area contributed by atoms with Crippen molar-refractivity contribution < 1.29 is 9.26 Å². The molecule has 2 aromatic rings. The number of methoxy groups -OCH3 is 1. The first-order valence-corrected chi connectivity index (χ1v) is 6.78. The summed E-state index contributed by atoms with van der Waals surface area (Å²) in [6.07, 6.45) is 3.97. The SMILES string of the molecule is COCc1nccc(N2CCCC2c2cc(C)on2)n1. The van der Waals surface area contributed by atoms with Gasteiger partial charge in [-0.3, -0.25) is 0 Å². The number of hydrogen-bond acceptors (Lipinski definition) is 6. The van der Waals surface area contributed by atoms with Gasteiger partial charge in [0.15, 0.2) is 5.82 Å². The Balaban J connectivity index is 1.86. The van der Waals surface area contributed by atoms with Crippen LogP contribution in [0.4, 0.5) is 5.82 Å². The van der Waals surface area contributed by atoms with E-state index in [1.165, 1.54) is 0 Å². The fourth-order valence-corrected chi connectivity index (χ4v) is 2.64. The van der Waals surface area contributed by atoms with Crippen molar-refractivity contribution >= 4 is 5.82 Å². The molecule has 1 atom stereocenters. The van der Waals surface area contributed by atoms with Crippen molar-refractivity contribution in [1.29, 1.82) is 0 Å². The predicted molar refractivity (Wildman–Crippen MR) is 73.3 cm³/mol. The average Bonchev–Trinajstić information content (AvgIpc) is 3.07. The first-order chi connectivity index (χ1) is 9.78. The summed E-state index contributed by atoms with van der Waals surface area (Å²) in [6, 6.07) is 4.17. The van der Waals surface area contributed by atoms with Gasteiger partial charge >= 0.3 is 0 Å². The summed E-state index contributed by atoms with van der Waals surface area (Å²) in [5.41, 5.74) is 0.979. The van der Waals surface area contributed by atoms with Crippen LogP contribution in [0.15, 0.2) is 22.9 Å². The normalized spacial score (nSPS) is 18.7. The molecule has 3 rings (SSSR count). The van der Waals surface area contributed by atoms with Crippen LogP contribution in [-0.4, -0.2) is 28.8 Å². The molecule has 0 N–H and O–H groups in total. The molecule has 0 spiro atoms. The molecule has 0 saturated carbocycles. The number of hydrogen-bond donors (Lipinski definition) is 0. The van der Waals surface area contributed by atoms with Crippen LogP contribution < -0.4 is 4.90 Å². The topological polar surface area (TPSA) is 64.3 Å². The summed E-state index contributed by atoms with van der Waals surface area (Å²) in [7, 11) is 1.65. The van der Waals surface area contributed by atoms with Gasteiger partial charge in [-0.1, -0.05) is 5.16 Å². The molecule has 20 heavy (non-hydrogen) atoms. The Kier molecular flexibility index (Phi) is 3.64. The monoisotopic (exact) mass is 274 g/mol. The van der Waals surface area contributed by atoms with E-state index in [-0.39, 0.29) is 6.04 Å². The largest absolute Gasteiger partial charge is 0.377 e. The fourth-order valence-electron chi connectivity index (χ4n) is 2.64. The van der Waals surface area contributed by atoms with Gasteiger partial charge in [-0.15, -0.1) is 0 Å². The number of rotatable bonds is 4. The van der Waals surface area contributed by atoms with Crippen LogP contribution in [0.3, 0.4) is 0 Å². The minimum atomic E-state index is 0.234. The third-order valence-electron chi connectivity index (χ3n) is 3.50. The highest BCUT2D eigenvalue weighted by atomic mass is 16.5. The molecule has 3 heterocycles. The van der Waals surface area contributed by atoms with Crippen molar-refractivity contribution in [3.63, 3.8) is 0 Å². The number of nitrogens with zero attached hydrogens (tertiary/aromatic N) is 4. The maximum Gasteiger partial charge on any atom is 0.156 e. The molecule has 1 aliphatic rings. The maximum absolute atomic E-state index is 5.19. The molecule has 0 aliphatic carbocycles. The molecule has 1 unspecified atom stereocenters. The first kappa shape index (κ1) is 13.1. The summed E-state index contributed by atoms with van der Waals surface area (Å²) in [5.74, 6) is 2.47. The van der Waals surface area contributed by atoms with Gasteiger partial charge in [-0.25, -0.2) is 9.97 Å². The number of ether oxygens (including phenoxy) is 1. The van der Waals surface area contributed by atoms with Gasteiger partial charge in [0.2, 0.25) is 0 Å². The van der Waals surface area contributed by atoms with Gasteiger partial charge in [-0.05, 0) is 25.8 Å². The van der Waals surface area contributed by atoms with E-state index in [0.717, 1.165) is 36.7 Å². The third kappa shape index (κ3) is 2.51. The molecule has 106 valence electrons. The van der Waals surface area contributed by atoms with Crippen LogP contribution in [0.1, 0.15) is 36.2 Å². The van der Waals surface area contributed by atoms with E-state index in [1.54, 1.807) is 13.3 Å². The van der Waals surface area contributed by atoms with E-state index in [4.69, 9.17) is 9.26 Å². The second-order valence-corrected chi connectivity index (χ2v) is 4.98. The van der Waals surface area contributed by atoms with Crippen molar-refractivity contribution in [1.82, 2.24) is 15.1 Å². The summed E-state index contributed by atoms with van der Waals surface area (Å²) < 4.78 is 10.3. The molecule has 1 aliphatic heterocycles. The van der Waals surface area contributed by atoms with Crippen LogP contribution >= 0.6 is 0 Å². The Labute approximate surface area is 117 Å². The Morgan fingerprint density at radius 2 is 2.40 bits per heavy atom. The number of aromatic nitrogens is 3. The molecular formula is C14H18N4O2. The van der Waals surface area contributed by atoms with E-state index in [2.05, 4.69) is 20.0 Å². The number of aryl methyl sites for hydroxylation is 1. The van der Waals surface area contributed by atoms with Crippen LogP contribution in [0.5, 0.6) is 0 Å². The smallest absolute Gasteiger partial charge is 0.156 e. The maximum atomic E-state index is 5.19.